The standard InChI is InChI=1S/C8H12O6/c1-2-14-8(13)5(7(11)12)3-4-6(9)10/h5H,2-4H2,1H3,(H,9,10)(H,11,12)/p-2. The highest BCUT2D eigenvalue weighted by Crippen LogP contribution is 2.07. The van der Waals surface area contributed by atoms with Crippen LogP contribution in [0.5, 0.6) is 0 Å². The summed E-state index contributed by atoms with van der Waals surface area (Å²) in [6.45, 7) is 1.55. The second-order valence-corrected chi connectivity index (χ2v) is 2.53. The fourth-order valence-electron chi connectivity index (χ4n) is 0.837. The van der Waals surface area contributed by atoms with Crippen molar-refractivity contribution < 1.29 is 29.3 Å². The van der Waals surface area contributed by atoms with Gasteiger partial charge in [0.2, 0.25) is 0 Å². The third-order valence-corrected chi connectivity index (χ3v) is 1.49. The van der Waals surface area contributed by atoms with Crippen LogP contribution in [0, 0.1) is 5.92 Å². The number of hydrogen-bond donors (Lipinski definition) is 0. The summed E-state index contributed by atoms with van der Waals surface area (Å²) in [6, 6.07) is 0. The molecule has 0 N–H and O–H groups in total. The van der Waals surface area contributed by atoms with Crippen LogP contribution in [0.15, 0.2) is 0 Å². The highest BCUT2D eigenvalue weighted by Gasteiger charge is 2.20. The van der Waals surface area contributed by atoms with Crippen LogP contribution in [-0.4, -0.2) is 24.5 Å². The van der Waals surface area contributed by atoms with Crippen molar-refractivity contribution in [1.82, 2.24) is 0 Å². The maximum atomic E-state index is 10.9. The van der Waals surface area contributed by atoms with Crippen molar-refractivity contribution in [3.8, 4) is 0 Å². The lowest BCUT2D eigenvalue weighted by molar-refractivity contribution is -0.312. The fraction of sp³-hybridized carbons (Fsp3) is 0.625. The summed E-state index contributed by atoms with van der Waals surface area (Å²) in [5, 5.41) is 20.4. The van der Waals surface area contributed by atoms with E-state index < -0.39 is 30.2 Å². The van der Waals surface area contributed by atoms with Crippen LogP contribution < -0.4 is 10.2 Å². The van der Waals surface area contributed by atoms with E-state index in [-0.39, 0.29) is 13.0 Å². The van der Waals surface area contributed by atoms with Crippen LogP contribution in [0.1, 0.15) is 19.8 Å². The first-order valence-electron chi connectivity index (χ1n) is 4.06. The molecule has 14 heavy (non-hydrogen) atoms. The Bertz CT molecular complexity index is 234. The van der Waals surface area contributed by atoms with E-state index in [0.29, 0.717) is 0 Å². The van der Waals surface area contributed by atoms with Crippen molar-refractivity contribution in [2.24, 2.45) is 5.92 Å². The van der Waals surface area contributed by atoms with Crippen molar-refractivity contribution in [1.29, 1.82) is 0 Å². The molecular weight excluding hydrogens is 192 g/mol. The minimum Gasteiger partial charge on any atom is -0.550 e. The molecule has 0 aromatic heterocycles. The zero-order valence-electron chi connectivity index (χ0n) is 7.65. The molecule has 0 aromatic rings. The zero-order valence-corrected chi connectivity index (χ0v) is 7.65. The monoisotopic (exact) mass is 202 g/mol. The van der Waals surface area contributed by atoms with Crippen molar-refractivity contribution in [2.75, 3.05) is 6.61 Å². The van der Waals surface area contributed by atoms with E-state index in [9.17, 15) is 24.6 Å². The maximum Gasteiger partial charge on any atom is 0.314 e. The quantitative estimate of drug-likeness (QED) is 0.346. The molecule has 1 atom stereocenters. The van der Waals surface area contributed by atoms with Gasteiger partial charge in [0.1, 0.15) is 0 Å². The van der Waals surface area contributed by atoms with Gasteiger partial charge in [0, 0.05) is 5.97 Å². The molecule has 0 aliphatic carbocycles. The van der Waals surface area contributed by atoms with Crippen LogP contribution in [0.4, 0.5) is 0 Å². The lowest BCUT2D eigenvalue weighted by atomic mass is 10.0. The molecule has 6 heteroatoms. The molecule has 0 saturated heterocycles. The first-order chi connectivity index (χ1) is 6.49. The smallest absolute Gasteiger partial charge is 0.314 e. The van der Waals surface area contributed by atoms with Gasteiger partial charge in [0.25, 0.3) is 0 Å². The Hall–Kier alpha value is -1.59. The molecule has 0 saturated carbocycles. The first-order valence-corrected chi connectivity index (χ1v) is 4.06. The third-order valence-electron chi connectivity index (χ3n) is 1.49. The number of carbonyl (C=O) groups excluding carboxylic acids is 3. The summed E-state index contributed by atoms with van der Waals surface area (Å²) < 4.78 is 4.42. The van der Waals surface area contributed by atoms with Crippen LogP contribution in [0.25, 0.3) is 0 Å². The molecule has 0 spiro atoms. The van der Waals surface area contributed by atoms with Gasteiger partial charge in [0.15, 0.2) is 0 Å². The number of rotatable bonds is 6. The molecule has 0 aromatic carbocycles. The van der Waals surface area contributed by atoms with Gasteiger partial charge in [-0.2, -0.15) is 0 Å². The Labute approximate surface area is 80.5 Å². The number of carboxylic acids is 2. The molecule has 0 radical (unpaired) electrons. The summed E-state index contributed by atoms with van der Waals surface area (Å²) in [5.74, 6) is -5.56. The second kappa shape index (κ2) is 5.95. The Balaban J connectivity index is 4.22. The summed E-state index contributed by atoms with van der Waals surface area (Å²) in [4.78, 5) is 31.4. The number of hydrogen-bond acceptors (Lipinski definition) is 6. The van der Waals surface area contributed by atoms with Crippen LogP contribution in [-0.2, 0) is 19.1 Å². The zero-order chi connectivity index (χ0) is 11.1. The van der Waals surface area contributed by atoms with Gasteiger partial charge in [-0.3, -0.25) is 4.79 Å². The van der Waals surface area contributed by atoms with E-state index in [4.69, 9.17) is 0 Å². The van der Waals surface area contributed by atoms with E-state index in [1.807, 2.05) is 0 Å². The third kappa shape index (κ3) is 4.44. The van der Waals surface area contributed by atoms with Gasteiger partial charge in [-0.05, 0) is 19.8 Å². The summed E-state index contributed by atoms with van der Waals surface area (Å²) in [7, 11) is 0. The van der Waals surface area contributed by atoms with Crippen molar-refractivity contribution in [2.45, 2.75) is 19.8 Å². The Morgan fingerprint density at radius 1 is 1.29 bits per heavy atom. The van der Waals surface area contributed by atoms with E-state index >= 15 is 0 Å². The Kier molecular flexibility index (Phi) is 5.28. The minimum atomic E-state index is -1.63. The average molecular weight is 202 g/mol. The van der Waals surface area contributed by atoms with E-state index in [1.165, 1.54) is 6.92 Å². The Morgan fingerprint density at radius 2 is 1.86 bits per heavy atom. The SMILES string of the molecule is CCOC(=O)C(CCC(=O)[O-])C(=O)[O-]. The van der Waals surface area contributed by atoms with Crippen molar-refractivity contribution in [3.63, 3.8) is 0 Å². The van der Waals surface area contributed by atoms with Gasteiger partial charge < -0.3 is 24.5 Å². The Morgan fingerprint density at radius 3 is 2.21 bits per heavy atom. The molecular formula is C8H10O6-2. The summed E-state index contributed by atoms with van der Waals surface area (Å²) >= 11 is 0. The number of carbonyl (C=O) groups is 3. The van der Waals surface area contributed by atoms with E-state index in [2.05, 4.69) is 4.74 Å². The highest BCUT2D eigenvalue weighted by molar-refractivity contribution is 5.93. The number of ether oxygens (including phenoxy) is 1. The van der Waals surface area contributed by atoms with Gasteiger partial charge in [-0.1, -0.05) is 0 Å². The maximum absolute atomic E-state index is 10.9. The molecule has 0 rings (SSSR count). The fourth-order valence-corrected chi connectivity index (χ4v) is 0.837. The summed E-state index contributed by atoms with van der Waals surface area (Å²) in [6.07, 6.45) is -0.888. The van der Waals surface area contributed by atoms with E-state index in [1.54, 1.807) is 0 Å². The van der Waals surface area contributed by atoms with Gasteiger partial charge in [0.05, 0.1) is 18.5 Å². The molecule has 0 fully saturated rings. The van der Waals surface area contributed by atoms with Crippen molar-refractivity contribution >= 4 is 17.9 Å². The molecule has 1 unspecified atom stereocenters. The average Bonchev–Trinajstić information content (AvgIpc) is 2.03. The molecule has 0 bridgehead atoms. The molecule has 0 heterocycles. The molecule has 0 aliphatic rings. The number of aliphatic carboxylic acids is 2. The number of esters is 1. The van der Waals surface area contributed by atoms with Crippen LogP contribution >= 0.6 is 0 Å². The predicted octanol–water partition coefficient (Wildman–Crippen LogP) is -2.55. The molecule has 0 amide bonds. The van der Waals surface area contributed by atoms with Crippen molar-refractivity contribution in [3.05, 3.63) is 0 Å². The van der Waals surface area contributed by atoms with Gasteiger partial charge in [-0.25, -0.2) is 0 Å². The lowest BCUT2D eigenvalue weighted by Gasteiger charge is -2.16. The molecule has 80 valence electrons. The topological polar surface area (TPSA) is 107 Å². The predicted molar refractivity (Wildman–Crippen MR) is 39.4 cm³/mol. The normalized spacial score (nSPS) is 11.8. The first kappa shape index (κ1) is 12.4. The molecule has 6 nitrogen and oxygen atoms in total. The second-order valence-electron chi connectivity index (χ2n) is 2.53. The molecule has 0 aliphatic heterocycles. The van der Waals surface area contributed by atoms with Crippen LogP contribution in [0.3, 0.4) is 0 Å². The van der Waals surface area contributed by atoms with Crippen LogP contribution in [0.2, 0.25) is 0 Å². The largest absolute Gasteiger partial charge is 0.550 e. The highest BCUT2D eigenvalue weighted by atomic mass is 16.5. The summed E-state index contributed by atoms with van der Waals surface area (Å²) in [5.41, 5.74) is 0. The lowest BCUT2D eigenvalue weighted by Crippen LogP contribution is -2.38. The minimum absolute atomic E-state index is 0.0356. The van der Waals surface area contributed by atoms with Gasteiger partial charge >= 0.3 is 5.97 Å². The van der Waals surface area contributed by atoms with Gasteiger partial charge in [-0.15, -0.1) is 0 Å². The number of carboxylic acid groups (broad SMARTS) is 2. The van der Waals surface area contributed by atoms with E-state index in [0.717, 1.165) is 0 Å².